The number of H-pyrrole nitrogens is 1. The van der Waals surface area contributed by atoms with Crippen molar-refractivity contribution in [3.63, 3.8) is 0 Å². The van der Waals surface area contributed by atoms with Crippen LogP contribution in [0.1, 0.15) is 11.1 Å². The van der Waals surface area contributed by atoms with Crippen molar-refractivity contribution in [1.29, 1.82) is 0 Å². The van der Waals surface area contributed by atoms with Crippen LogP contribution in [0.4, 0.5) is 0 Å². The van der Waals surface area contributed by atoms with Crippen LogP contribution in [-0.4, -0.2) is 9.97 Å². The van der Waals surface area contributed by atoms with E-state index < -0.39 is 0 Å². The van der Waals surface area contributed by atoms with Crippen molar-refractivity contribution in [2.24, 2.45) is 0 Å². The highest BCUT2D eigenvalue weighted by Gasteiger charge is 2.06. The molecule has 0 bridgehead atoms. The number of hydrogen-bond acceptors (Lipinski definition) is 2. The molecule has 19 heavy (non-hydrogen) atoms. The summed E-state index contributed by atoms with van der Waals surface area (Å²) in [5, 5.41) is 0. The molecule has 94 valence electrons. The van der Waals surface area contributed by atoms with Gasteiger partial charge in [-0.25, -0.2) is 4.98 Å². The lowest BCUT2D eigenvalue weighted by molar-refractivity contribution is 1.24. The molecule has 1 N–H and O–H groups in total. The number of rotatable bonds is 1. The fraction of sp³-hybridized carbons (Fsp3) is 0.125. The van der Waals surface area contributed by atoms with Gasteiger partial charge in [0.2, 0.25) is 0 Å². The van der Waals surface area contributed by atoms with Crippen molar-refractivity contribution in [1.82, 2.24) is 9.97 Å². The molecule has 0 radical (unpaired) electrons. The second kappa shape index (κ2) is 4.59. The van der Waals surface area contributed by atoms with Crippen molar-refractivity contribution < 1.29 is 0 Å². The number of fused-ring (bicyclic) bond motifs is 1. The summed E-state index contributed by atoms with van der Waals surface area (Å²) < 4.78 is 0.682. The van der Waals surface area contributed by atoms with E-state index in [1.807, 2.05) is 30.3 Å². The normalized spacial score (nSPS) is 10.8. The van der Waals surface area contributed by atoms with Gasteiger partial charge in [0, 0.05) is 5.56 Å². The third-order valence-corrected chi connectivity index (χ3v) is 3.65. The van der Waals surface area contributed by atoms with Crippen molar-refractivity contribution in [3.05, 3.63) is 58.2 Å². The Hall–Kier alpha value is -2.00. The molecule has 1 aromatic heterocycles. The number of aromatic amines is 1. The summed E-state index contributed by atoms with van der Waals surface area (Å²) in [5.41, 5.74) is 6.32. The molecule has 0 amide bonds. The van der Waals surface area contributed by atoms with E-state index in [1.54, 1.807) is 0 Å². The van der Waals surface area contributed by atoms with Crippen molar-refractivity contribution >= 4 is 23.3 Å². The molecule has 0 saturated heterocycles. The lowest BCUT2D eigenvalue weighted by Crippen LogP contribution is -1.93. The minimum Gasteiger partial charge on any atom is -0.343 e. The van der Waals surface area contributed by atoms with Crippen molar-refractivity contribution in [2.45, 2.75) is 13.8 Å². The van der Waals surface area contributed by atoms with Gasteiger partial charge in [-0.15, -0.1) is 0 Å². The largest absolute Gasteiger partial charge is 0.343 e. The van der Waals surface area contributed by atoms with Crippen LogP contribution < -0.4 is 0 Å². The van der Waals surface area contributed by atoms with Crippen LogP contribution in [0.3, 0.4) is 0 Å². The average Bonchev–Trinajstić information content (AvgIpc) is 2.41. The molecule has 3 rings (SSSR count). The van der Waals surface area contributed by atoms with Gasteiger partial charge in [-0.05, 0) is 37.1 Å². The molecular formula is C16H14N2S. The molecular weight excluding hydrogens is 252 g/mol. The van der Waals surface area contributed by atoms with E-state index >= 15 is 0 Å². The summed E-state index contributed by atoms with van der Waals surface area (Å²) in [5.74, 6) is 0. The Labute approximate surface area is 117 Å². The monoisotopic (exact) mass is 266 g/mol. The van der Waals surface area contributed by atoms with Crippen molar-refractivity contribution in [2.75, 3.05) is 0 Å². The van der Waals surface area contributed by atoms with Gasteiger partial charge in [-0.1, -0.05) is 42.5 Å². The van der Waals surface area contributed by atoms with Crippen LogP contribution in [0.25, 0.3) is 22.3 Å². The fourth-order valence-electron chi connectivity index (χ4n) is 2.14. The molecule has 0 aliphatic rings. The lowest BCUT2D eigenvalue weighted by atomic mass is 10.1. The Morgan fingerprint density at radius 3 is 2.42 bits per heavy atom. The zero-order chi connectivity index (χ0) is 13.4. The molecule has 2 aromatic carbocycles. The second-order valence-corrected chi connectivity index (χ2v) is 5.14. The summed E-state index contributed by atoms with van der Waals surface area (Å²) in [7, 11) is 0. The van der Waals surface area contributed by atoms with Crippen LogP contribution in [-0.2, 0) is 0 Å². The van der Waals surface area contributed by atoms with Gasteiger partial charge in [-0.2, -0.15) is 0 Å². The van der Waals surface area contributed by atoms with Crippen LogP contribution >= 0.6 is 12.2 Å². The molecule has 1 heterocycles. The Balaban J connectivity index is 2.31. The number of aromatic nitrogens is 2. The predicted molar refractivity (Wildman–Crippen MR) is 81.8 cm³/mol. The van der Waals surface area contributed by atoms with Gasteiger partial charge in [0.15, 0.2) is 0 Å². The summed E-state index contributed by atoms with van der Waals surface area (Å²) in [4.78, 5) is 7.99. The summed E-state index contributed by atoms with van der Waals surface area (Å²) in [6.45, 7) is 4.19. The Morgan fingerprint density at radius 2 is 1.68 bits per heavy atom. The Morgan fingerprint density at radius 1 is 1.00 bits per heavy atom. The molecule has 0 unspecified atom stereocenters. The number of nitrogens with one attached hydrogen (secondary N) is 1. The predicted octanol–water partition coefficient (Wildman–Crippen LogP) is 4.58. The third kappa shape index (κ3) is 2.17. The molecule has 0 atom stereocenters. The first-order valence-electron chi connectivity index (χ1n) is 6.22. The van der Waals surface area contributed by atoms with Gasteiger partial charge in [0.05, 0.1) is 11.0 Å². The molecule has 0 spiro atoms. The zero-order valence-electron chi connectivity index (χ0n) is 10.9. The number of nitrogens with zero attached hydrogens (tertiary/aromatic N) is 1. The van der Waals surface area contributed by atoms with Crippen LogP contribution in [0.5, 0.6) is 0 Å². The van der Waals surface area contributed by atoms with Crippen LogP contribution in [0.15, 0.2) is 42.5 Å². The van der Waals surface area contributed by atoms with E-state index in [1.165, 1.54) is 11.1 Å². The minimum atomic E-state index is 0.682. The summed E-state index contributed by atoms with van der Waals surface area (Å²) in [6.07, 6.45) is 0. The Kier molecular flexibility index (Phi) is 2.91. The van der Waals surface area contributed by atoms with Gasteiger partial charge in [0.25, 0.3) is 0 Å². The molecule has 3 heteroatoms. The van der Waals surface area contributed by atoms with Gasteiger partial charge >= 0.3 is 0 Å². The average molecular weight is 266 g/mol. The zero-order valence-corrected chi connectivity index (χ0v) is 11.7. The van der Waals surface area contributed by atoms with E-state index in [0.717, 1.165) is 22.3 Å². The second-order valence-electron chi connectivity index (χ2n) is 4.73. The fourth-order valence-corrected chi connectivity index (χ4v) is 2.41. The highest BCUT2D eigenvalue weighted by atomic mass is 32.1. The number of hydrogen-bond donors (Lipinski definition) is 1. The maximum absolute atomic E-state index is 5.42. The number of benzene rings is 2. The molecule has 0 aliphatic carbocycles. The van der Waals surface area contributed by atoms with E-state index in [9.17, 15) is 0 Å². The highest BCUT2D eigenvalue weighted by molar-refractivity contribution is 7.71. The molecule has 2 nitrogen and oxygen atoms in total. The molecule has 0 saturated carbocycles. The van der Waals surface area contributed by atoms with Crippen molar-refractivity contribution in [3.8, 4) is 11.3 Å². The summed E-state index contributed by atoms with van der Waals surface area (Å²) >= 11 is 5.42. The molecule has 3 aromatic rings. The molecule has 0 fully saturated rings. The van der Waals surface area contributed by atoms with E-state index in [-0.39, 0.29) is 0 Å². The topological polar surface area (TPSA) is 28.7 Å². The lowest BCUT2D eigenvalue weighted by Gasteiger charge is -2.07. The first kappa shape index (κ1) is 12.1. The SMILES string of the molecule is Cc1cc2nc(-c3ccccc3)c(=S)[nH]c2cc1C. The maximum atomic E-state index is 5.42. The van der Waals surface area contributed by atoms with Gasteiger partial charge in [-0.3, -0.25) is 0 Å². The molecule has 0 aliphatic heterocycles. The van der Waals surface area contributed by atoms with E-state index in [0.29, 0.717) is 4.64 Å². The van der Waals surface area contributed by atoms with E-state index in [2.05, 4.69) is 31.0 Å². The Bertz CT molecular complexity index is 804. The minimum absolute atomic E-state index is 0.682. The maximum Gasteiger partial charge on any atom is 0.130 e. The highest BCUT2D eigenvalue weighted by Crippen LogP contribution is 2.22. The van der Waals surface area contributed by atoms with Crippen LogP contribution in [0, 0.1) is 18.5 Å². The van der Waals surface area contributed by atoms with Gasteiger partial charge in [0.1, 0.15) is 10.3 Å². The van der Waals surface area contributed by atoms with Gasteiger partial charge < -0.3 is 4.98 Å². The first-order valence-corrected chi connectivity index (χ1v) is 6.62. The first-order chi connectivity index (χ1) is 9.15. The van der Waals surface area contributed by atoms with Crippen LogP contribution in [0.2, 0.25) is 0 Å². The summed E-state index contributed by atoms with van der Waals surface area (Å²) in [6, 6.07) is 14.2. The van der Waals surface area contributed by atoms with E-state index in [4.69, 9.17) is 17.2 Å². The number of aryl methyl sites for hydroxylation is 2. The third-order valence-electron chi connectivity index (χ3n) is 3.35. The quantitative estimate of drug-likeness (QED) is 0.653. The smallest absolute Gasteiger partial charge is 0.130 e. The standard InChI is InChI=1S/C16H14N2S/c1-10-8-13-14(9-11(10)2)18-16(19)15(17-13)12-6-4-3-5-7-12/h3-9H,1-2H3,(H,18,19).